The summed E-state index contributed by atoms with van der Waals surface area (Å²) in [5.74, 6) is 0. The number of aromatic nitrogens is 1. The van der Waals surface area contributed by atoms with Crippen LogP contribution in [0.25, 0.3) is 0 Å². The van der Waals surface area contributed by atoms with Gasteiger partial charge in [-0.3, -0.25) is 9.88 Å². The number of pyridine rings is 1. The lowest BCUT2D eigenvalue weighted by atomic mass is 10.00. The van der Waals surface area contributed by atoms with E-state index in [-0.39, 0.29) is 5.54 Å². The van der Waals surface area contributed by atoms with Crippen LogP contribution in [0.3, 0.4) is 0 Å². The normalized spacial score (nSPS) is 14.9. The van der Waals surface area contributed by atoms with Gasteiger partial charge in [0.15, 0.2) is 0 Å². The molecule has 0 aliphatic heterocycles. The average Bonchev–Trinajstić information content (AvgIpc) is 2.28. The zero-order chi connectivity index (χ0) is 12.9. The molecule has 3 nitrogen and oxygen atoms in total. The monoisotopic (exact) mass is 235 g/mol. The first-order chi connectivity index (χ1) is 7.96. The highest BCUT2D eigenvalue weighted by Gasteiger charge is 2.19. The number of hydrogen-bond donors (Lipinski definition) is 1. The van der Waals surface area contributed by atoms with Gasteiger partial charge in [-0.1, -0.05) is 19.9 Å². The Bertz CT molecular complexity index is 347. The molecule has 0 aliphatic carbocycles. The van der Waals surface area contributed by atoms with Crippen molar-refractivity contribution in [3.05, 3.63) is 29.6 Å². The summed E-state index contributed by atoms with van der Waals surface area (Å²) in [5, 5.41) is 0. The van der Waals surface area contributed by atoms with Crippen LogP contribution in [0.5, 0.6) is 0 Å². The highest BCUT2D eigenvalue weighted by Crippen LogP contribution is 2.10. The van der Waals surface area contributed by atoms with Crippen LogP contribution in [0.15, 0.2) is 18.2 Å². The smallest absolute Gasteiger partial charge is 0.0547 e. The van der Waals surface area contributed by atoms with Crippen molar-refractivity contribution in [1.82, 2.24) is 9.88 Å². The highest BCUT2D eigenvalue weighted by atomic mass is 15.1. The lowest BCUT2D eigenvalue weighted by Crippen LogP contribution is -2.47. The van der Waals surface area contributed by atoms with Crippen molar-refractivity contribution in [2.24, 2.45) is 5.73 Å². The van der Waals surface area contributed by atoms with E-state index >= 15 is 0 Å². The van der Waals surface area contributed by atoms with Crippen molar-refractivity contribution < 1.29 is 0 Å². The summed E-state index contributed by atoms with van der Waals surface area (Å²) in [6, 6.07) is 6.17. The van der Waals surface area contributed by atoms with E-state index < -0.39 is 0 Å². The quantitative estimate of drug-likeness (QED) is 0.823. The van der Waals surface area contributed by atoms with Crippen molar-refractivity contribution in [3.8, 4) is 0 Å². The first-order valence-corrected chi connectivity index (χ1v) is 6.40. The fourth-order valence-corrected chi connectivity index (χ4v) is 1.82. The van der Waals surface area contributed by atoms with E-state index in [4.69, 9.17) is 5.73 Å². The first-order valence-electron chi connectivity index (χ1n) is 6.40. The molecule has 0 amide bonds. The van der Waals surface area contributed by atoms with Gasteiger partial charge < -0.3 is 5.73 Å². The van der Waals surface area contributed by atoms with Crippen LogP contribution in [0.4, 0.5) is 0 Å². The van der Waals surface area contributed by atoms with E-state index in [1.165, 1.54) is 0 Å². The number of nitrogens with two attached hydrogens (primary N) is 1. The second kappa shape index (κ2) is 6.12. The SMILES string of the molecule is CCN(Cc1cccc(C)n1)CC(C)(N)CC. The van der Waals surface area contributed by atoms with Crippen molar-refractivity contribution in [2.75, 3.05) is 13.1 Å². The van der Waals surface area contributed by atoms with Crippen molar-refractivity contribution in [1.29, 1.82) is 0 Å². The molecule has 96 valence electrons. The molecule has 1 aromatic heterocycles. The van der Waals surface area contributed by atoms with Crippen LogP contribution in [0.2, 0.25) is 0 Å². The van der Waals surface area contributed by atoms with Gasteiger partial charge in [-0.2, -0.15) is 0 Å². The van der Waals surface area contributed by atoms with Gasteiger partial charge in [-0.15, -0.1) is 0 Å². The Morgan fingerprint density at radius 2 is 2.06 bits per heavy atom. The van der Waals surface area contributed by atoms with Gasteiger partial charge in [-0.05, 0) is 38.9 Å². The maximum Gasteiger partial charge on any atom is 0.0547 e. The number of aryl methyl sites for hydroxylation is 1. The van der Waals surface area contributed by atoms with Gasteiger partial charge in [0.2, 0.25) is 0 Å². The average molecular weight is 235 g/mol. The molecule has 0 saturated carbocycles. The lowest BCUT2D eigenvalue weighted by Gasteiger charge is -2.30. The molecule has 0 spiro atoms. The summed E-state index contributed by atoms with van der Waals surface area (Å²) in [4.78, 5) is 6.89. The summed E-state index contributed by atoms with van der Waals surface area (Å²) in [6.45, 7) is 11.2. The Hall–Kier alpha value is -0.930. The predicted octanol–water partition coefficient (Wildman–Crippen LogP) is 2.34. The molecule has 1 rings (SSSR count). The molecule has 1 atom stereocenters. The molecule has 0 bridgehead atoms. The lowest BCUT2D eigenvalue weighted by molar-refractivity contribution is 0.213. The maximum atomic E-state index is 6.21. The van der Waals surface area contributed by atoms with Crippen molar-refractivity contribution >= 4 is 0 Å². The van der Waals surface area contributed by atoms with Gasteiger partial charge in [0.25, 0.3) is 0 Å². The summed E-state index contributed by atoms with van der Waals surface area (Å²) in [6.07, 6.45) is 0.991. The number of hydrogen-bond acceptors (Lipinski definition) is 3. The molecule has 0 saturated heterocycles. The third-order valence-electron chi connectivity index (χ3n) is 3.17. The fourth-order valence-electron chi connectivity index (χ4n) is 1.82. The minimum atomic E-state index is -0.111. The Morgan fingerprint density at radius 1 is 1.35 bits per heavy atom. The Labute approximate surface area is 105 Å². The molecular weight excluding hydrogens is 210 g/mol. The Balaban J connectivity index is 2.64. The first kappa shape index (κ1) is 14.1. The van der Waals surface area contributed by atoms with Gasteiger partial charge in [0, 0.05) is 24.3 Å². The molecule has 1 aromatic rings. The van der Waals surface area contributed by atoms with E-state index in [1.807, 2.05) is 13.0 Å². The van der Waals surface area contributed by atoms with Crippen molar-refractivity contribution in [3.63, 3.8) is 0 Å². The van der Waals surface area contributed by atoms with E-state index in [0.717, 1.165) is 37.4 Å². The molecule has 17 heavy (non-hydrogen) atoms. The molecule has 1 unspecified atom stereocenters. The highest BCUT2D eigenvalue weighted by molar-refractivity contribution is 5.09. The second-order valence-corrected chi connectivity index (χ2v) is 5.08. The predicted molar refractivity (Wildman–Crippen MR) is 72.8 cm³/mol. The number of likely N-dealkylation sites (N-methyl/N-ethyl adjacent to an activating group) is 1. The van der Waals surface area contributed by atoms with Crippen LogP contribution < -0.4 is 5.73 Å². The van der Waals surface area contributed by atoms with Gasteiger partial charge in [-0.25, -0.2) is 0 Å². The molecular formula is C14H25N3. The van der Waals surface area contributed by atoms with E-state index in [2.05, 4.69) is 42.8 Å². The number of rotatable bonds is 6. The summed E-state index contributed by atoms with van der Waals surface area (Å²) >= 11 is 0. The topological polar surface area (TPSA) is 42.2 Å². The standard InChI is InChI=1S/C14H25N3/c1-5-14(4,15)11-17(6-2)10-13-9-7-8-12(3)16-13/h7-9H,5-6,10-11,15H2,1-4H3. The molecule has 3 heteroatoms. The molecule has 0 radical (unpaired) electrons. The molecule has 0 aliphatic rings. The minimum absolute atomic E-state index is 0.111. The zero-order valence-corrected chi connectivity index (χ0v) is 11.5. The van der Waals surface area contributed by atoms with Crippen LogP contribution in [0.1, 0.15) is 38.6 Å². The van der Waals surface area contributed by atoms with Crippen LogP contribution in [-0.2, 0) is 6.54 Å². The molecule has 2 N–H and O–H groups in total. The molecule has 0 fully saturated rings. The van der Waals surface area contributed by atoms with E-state index in [9.17, 15) is 0 Å². The summed E-state index contributed by atoms with van der Waals surface area (Å²) in [7, 11) is 0. The van der Waals surface area contributed by atoms with Gasteiger partial charge in [0.1, 0.15) is 0 Å². The van der Waals surface area contributed by atoms with E-state index in [1.54, 1.807) is 0 Å². The summed E-state index contributed by atoms with van der Waals surface area (Å²) in [5.41, 5.74) is 8.30. The minimum Gasteiger partial charge on any atom is -0.324 e. The summed E-state index contributed by atoms with van der Waals surface area (Å²) < 4.78 is 0. The van der Waals surface area contributed by atoms with Gasteiger partial charge >= 0.3 is 0 Å². The number of nitrogens with zero attached hydrogens (tertiary/aromatic N) is 2. The third kappa shape index (κ3) is 4.84. The van der Waals surface area contributed by atoms with Gasteiger partial charge in [0.05, 0.1) is 5.69 Å². The van der Waals surface area contributed by atoms with Crippen LogP contribution >= 0.6 is 0 Å². The largest absolute Gasteiger partial charge is 0.324 e. The molecule has 0 aromatic carbocycles. The third-order valence-corrected chi connectivity index (χ3v) is 3.17. The Kier molecular flexibility index (Phi) is 5.09. The van der Waals surface area contributed by atoms with E-state index in [0.29, 0.717) is 0 Å². The zero-order valence-electron chi connectivity index (χ0n) is 11.5. The van der Waals surface area contributed by atoms with Crippen molar-refractivity contribution in [2.45, 2.75) is 46.2 Å². The maximum absolute atomic E-state index is 6.21. The second-order valence-electron chi connectivity index (χ2n) is 5.08. The van der Waals surface area contributed by atoms with Crippen LogP contribution in [0, 0.1) is 6.92 Å². The fraction of sp³-hybridized carbons (Fsp3) is 0.643. The molecule has 1 heterocycles. The van der Waals surface area contributed by atoms with Crippen LogP contribution in [-0.4, -0.2) is 28.5 Å². The Morgan fingerprint density at radius 3 is 2.59 bits per heavy atom.